The predicted octanol–water partition coefficient (Wildman–Crippen LogP) is 3.46. The third kappa shape index (κ3) is 5.51. The van der Waals surface area contributed by atoms with Crippen LogP contribution in [0, 0.1) is 20.8 Å². The molecular formula is C24H25NO6. The summed E-state index contributed by atoms with van der Waals surface area (Å²) in [5.41, 5.74) is 2.71. The van der Waals surface area contributed by atoms with Gasteiger partial charge in [-0.1, -0.05) is 30.3 Å². The number of carbonyl (C=O) groups is 2. The van der Waals surface area contributed by atoms with Crippen LogP contribution in [-0.4, -0.2) is 31.6 Å². The Balaban J connectivity index is 1.42. The lowest BCUT2D eigenvalue weighted by Crippen LogP contribution is -2.29. The van der Waals surface area contributed by atoms with E-state index >= 15 is 0 Å². The highest BCUT2D eigenvalue weighted by atomic mass is 16.6. The van der Waals surface area contributed by atoms with Gasteiger partial charge in [0, 0.05) is 11.9 Å². The first-order chi connectivity index (χ1) is 14.9. The maximum Gasteiger partial charge on any atom is 0.349 e. The van der Waals surface area contributed by atoms with E-state index in [4.69, 9.17) is 13.9 Å². The van der Waals surface area contributed by atoms with Gasteiger partial charge in [0.05, 0.1) is 6.61 Å². The van der Waals surface area contributed by atoms with Crippen LogP contribution in [-0.2, 0) is 9.53 Å². The van der Waals surface area contributed by atoms with Gasteiger partial charge in [-0.3, -0.25) is 4.79 Å². The molecule has 0 bridgehead atoms. The first kappa shape index (κ1) is 22.1. The van der Waals surface area contributed by atoms with Crippen LogP contribution in [0.1, 0.15) is 33.5 Å². The number of para-hydroxylation sites is 1. The molecular weight excluding hydrogens is 398 g/mol. The molecule has 1 amide bonds. The summed E-state index contributed by atoms with van der Waals surface area (Å²) in [4.78, 5) is 36.2. The Labute approximate surface area is 180 Å². The second-order valence-electron chi connectivity index (χ2n) is 7.26. The van der Waals surface area contributed by atoms with Crippen LogP contribution in [0.25, 0.3) is 11.0 Å². The number of hydrogen-bond donors (Lipinski definition) is 1. The summed E-state index contributed by atoms with van der Waals surface area (Å²) in [6, 6.07) is 12.4. The molecule has 0 unspecified atom stereocenters. The van der Waals surface area contributed by atoms with Crippen LogP contribution in [0.15, 0.2) is 51.7 Å². The third-order valence-electron chi connectivity index (χ3n) is 4.96. The smallest absolute Gasteiger partial charge is 0.349 e. The highest BCUT2D eigenvalue weighted by Gasteiger charge is 2.13. The van der Waals surface area contributed by atoms with Crippen molar-refractivity contribution in [1.29, 1.82) is 0 Å². The second kappa shape index (κ2) is 9.93. The van der Waals surface area contributed by atoms with E-state index in [0.717, 1.165) is 16.7 Å². The number of nitrogens with one attached hydrogen (secondary N) is 1. The van der Waals surface area contributed by atoms with Crippen molar-refractivity contribution in [1.82, 2.24) is 5.32 Å². The highest BCUT2D eigenvalue weighted by molar-refractivity contribution is 5.96. The summed E-state index contributed by atoms with van der Waals surface area (Å²) in [7, 11) is 0. The van der Waals surface area contributed by atoms with Gasteiger partial charge in [-0.05, 0) is 56.0 Å². The fraction of sp³-hybridized carbons (Fsp3) is 0.292. The van der Waals surface area contributed by atoms with Crippen molar-refractivity contribution < 1.29 is 23.5 Å². The Bertz CT molecular complexity index is 1160. The van der Waals surface area contributed by atoms with Crippen molar-refractivity contribution in [3.05, 3.63) is 75.1 Å². The lowest BCUT2D eigenvalue weighted by atomic mass is 10.1. The number of ether oxygens (including phenoxy) is 2. The number of benzene rings is 2. The third-order valence-corrected chi connectivity index (χ3v) is 4.96. The van der Waals surface area contributed by atoms with E-state index in [1.807, 2.05) is 32.9 Å². The molecule has 3 aromatic rings. The van der Waals surface area contributed by atoms with E-state index in [-0.39, 0.29) is 25.3 Å². The Morgan fingerprint density at radius 2 is 1.77 bits per heavy atom. The molecule has 31 heavy (non-hydrogen) atoms. The number of amides is 1. The van der Waals surface area contributed by atoms with Gasteiger partial charge in [-0.25, -0.2) is 9.59 Å². The summed E-state index contributed by atoms with van der Waals surface area (Å²) in [6.07, 6.45) is 0.402. The number of esters is 1. The lowest BCUT2D eigenvalue weighted by molar-refractivity contribution is -0.146. The molecule has 3 rings (SSSR count). The van der Waals surface area contributed by atoms with E-state index < -0.39 is 17.5 Å². The largest absolute Gasteiger partial charge is 0.481 e. The van der Waals surface area contributed by atoms with Crippen LogP contribution < -0.4 is 15.7 Å². The zero-order valence-corrected chi connectivity index (χ0v) is 17.8. The SMILES string of the molecule is Cc1ccc(C)c(OCC(=O)OCCCNC(=O)c2cc3ccccc3oc2=O)c1C. The van der Waals surface area contributed by atoms with Gasteiger partial charge in [0.1, 0.15) is 16.9 Å². The topological polar surface area (TPSA) is 94.8 Å². The summed E-state index contributed by atoms with van der Waals surface area (Å²) in [5, 5.41) is 3.30. The molecule has 0 aliphatic heterocycles. The number of hydrogen-bond acceptors (Lipinski definition) is 6. The molecule has 0 spiro atoms. The maximum absolute atomic E-state index is 12.3. The molecule has 0 saturated carbocycles. The van der Waals surface area contributed by atoms with Crippen molar-refractivity contribution in [3.8, 4) is 5.75 Å². The first-order valence-electron chi connectivity index (χ1n) is 10.0. The van der Waals surface area contributed by atoms with E-state index in [0.29, 0.717) is 23.1 Å². The summed E-state index contributed by atoms with van der Waals surface area (Å²) in [5.74, 6) is -0.320. The summed E-state index contributed by atoms with van der Waals surface area (Å²) in [6.45, 7) is 6.04. The molecule has 7 heteroatoms. The quantitative estimate of drug-likeness (QED) is 0.339. The Hall–Kier alpha value is -3.61. The van der Waals surface area contributed by atoms with Gasteiger partial charge in [0.2, 0.25) is 0 Å². The average molecular weight is 423 g/mol. The van der Waals surface area contributed by atoms with Crippen molar-refractivity contribution >= 4 is 22.8 Å². The minimum atomic E-state index is -0.693. The van der Waals surface area contributed by atoms with Crippen molar-refractivity contribution in [2.24, 2.45) is 0 Å². The summed E-state index contributed by atoms with van der Waals surface area (Å²) >= 11 is 0. The Morgan fingerprint density at radius 3 is 2.58 bits per heavy atom. The molecule has 7 nitrogen and oxygen atoms in total. The monoisotopic (exact) mass is 423 g/mol. The van der Waals surface area contributed by atoms with Crippen molar-refractivity contribution in [2.45, 2.75) is 27.2 Å². The fourth-order valence-corrected chi connectivity index (χ4v) is 3.10. The minimum Gasteiger partial charge on any atom is -0.481 e. The standard InChI is InChI=1S/C24H25NO6/c1-15-9-10-16(2)22(17(15)3)30-14-21(26)29-12-6-11-25-23(27)19-13-18-7-4-5-8-20(18)31-24(19)28/h4-5,7-10,13H,6,11-12,14H2,1-3H3,(H,25,27). The predicted molar refractivity (Wildman–Crippen MR) is 117 cm³/mol. The Kier molecular flexibility index (Phi) is 7.07. The number of aryl methyl sites for hydroxylation is 2. The number of rotatable bonds is 8. The van der Waals surface area contributed by atoms with Crippen molar-refractivity contribution in [3.63, 3.8) is 0 Å². The zero-order valence-electron chi connectivity index (χ0n) is 17.8. The van der Waals surface area contributed by atoms with Gasteiger partial charge in [-0.15, -0.1) is 0 Å². The number of carbonyl (C=O) groups excluding carboxylic acids is 2. The molecule has 1 heterocycles. The molecule has 0 radical (unpaired) electrons. The van der Waals surface area contributed by atoms with E-state index in [2.05, 4.69) is 5.32 Å². The molecule has 162 valence electrons. The lowest BCUT2D eigenvalue weighted by Gasteiger charge is -2.13. The molecule has 1 aromatic heterocycles. The zero-order chi connectivity index (χ0) is 22.4. The van der Waals surface area contributed by atoms with Crippen LogP contribution in [0.2, 0.25) is 0 Å². The molecule has 0 aliphatic carbocycles. The molecule has 0 saturated heterocycles. The van der Waals surface area contributed by atoms with Crippen LogP contribution >= 0.6 is 0 Å². The van der Waals surface area contributed by atoms with Crippen LogP contribution in [0.4, 0.5) is 0 Å². The molecule has 1 N–H and O–H groups in total. The summed E-state index contributed by atoms with van der Waals surface area (Å²) < 4.78 is 15.9. The maximum atomic E-state index is 12.3. The van der Waals surface area contributed by atoms with Crippen molar-refractivity contribution in [2.75, 3.05) is 19.8 Å². The molecule has 2 aromatic carbocycles. The van der Waals surface area contributed by atoms with E-state index in [9.17, 15) is 14.4 Å². The van der Waals surface area contributed by atoms with E-state index in [1.54, 1.807) is 24.3 Å². The second-order valence-corrected chi connectivity index (χ2v) is 7.26. The molecule has 0 fully saturated rings. The average Bonchev–Trinajstić information content (AvgIpc) is 2.75. The van der Waals surface area contributed by atoms with Gasteiger partial charge in [0.15, 0.2) is 6.61 Å². The van der Waals surface area contributed by atoms with E-state index in [1.165, 1.54) is 6.07 Å². The molecule has 0 aliphatic rings. The first-order valence-corrected chi connectivity index (χ1v) is 10.0. The fourth-order valence-electron chi connectivity index (χ4n) is 3.10. The Morgan fingerprint density at radius 1 is 1.03 bits per heavy atom. The van der Waals surface area contributed by atoms with Crippen LogP contribution in [0.5, 0.6) is 5.75 Å². The minimum absolute atomic E-state index is 0.0620. The van der Waals surface area contributed by atoms with Gasteiger partial charge >= 0.3 is 11.6 Å². The van der Waals surface area contributed by atoms with Crippen LogP contribution in [0.3, 0.4) is 0 Å². The molecule has 0 atom stereocenters. The van der Waals surface area contributed by atoms with Gasteiger partial charge in [0.25, 0.3) is 5.91 Å². The van der Waals surface area contributed by atoms with Gasteiger partial charge < -0.3 is 19.2 Å². The normalized spacial score (nSPS) is 10.7. The highest BCUT2D eigenvalue weighted by Crippen LogP contribution is 2.25. The van der Waals surface area contributed by atoms with Gasteiger partial charge in [-0.2, -0.15) is 0 Å². The number of fused-ring (bicyclic) bond motifs is 1.